The second kappa shape index (κ2) is 11.0. The summed E-state index contributed by atoms with van der Waals surface area (Å²) in [5.41, 5.74) is 6.11. The molecule has 1 fully saturated rings. The van der Waals surface area contributed by atoms with Crippen LogP contribution in [0.1, 0.15) is 12.0 Å². The predicted octanol–water partition coefficient (Wildman–Crippen LogP) is 1.79. The fraction of sp³-hybridized carbons (Fsp3) is 0.333. The van der Waals surface area contributed by atoms with Gasteiger partial charge in [-0.3, -0.25) is 9.10 Å². The summed E-state index contributed by atoms with van der Waals surface area (Å²) in [6.07, 6.45) is 2.69. The lowest BCUT2D eigenvalue weighted by atomic mass is 10.0. The number of carbonyl (C=O) groups is 2. The molecule has 2 aromatic heterocycles. The summed E-state index contributed by atoms with van der Waals surface area (Å²) < 4.78 is 45.4. The zero-order valence-corrected chi connectivity index (χ0v) is 22.4. The Kier molecular flexibility index (Phi) is 7.88. The van der Waals surface area contributed by atoms with Gasteiger partial charge in [-0.25, -0.2) is 27.6 Å². The van der Waals surface area contributed by atoms with Crippen molar-refractivity contribution in [3.8, 4) is 0 Å². The van der Waals surface area contributed by atoms with Crippen molar-refractivity contribution in [3.05, 3.63) is 53.1 Å². The van der Waals surface area contributed by atoms with Gasteiger partial charge < -0.3 is 20.3 Å². The third-order valence-corrected chi connectivity index (χ3v) is 7.54. The predicted molar refractivity (Wildman–Crippen MR) is 142 cm³/mol. The van der Waals surface area contributed by atoms with Gasteiger partial charge in [-0.1, -0.05) is 11.6 Å². The molecule has 0 saturated carbocycles. The van der Waals surface area contributed by atoms with E-state index in [9.17, 15) is 18.0 Å². The van der Waals surface area contributed by atoms with Crippen LogP contribution in [0.2, 0.25) is 5.02 Å². The van der Waals surface area contributed by atoms with Gasteiger partial charge in [-0.2, -0.15) is 0 Å². The van der Waals surface area contributed by atoms with E-state index in [-0.39, 0.29) is 41.5 Å². The summed E-state index contributed by atoms with van der Waals surface area (Å²) in [4.78, 5) is 37.3. The molecule has 3 heterocycles. The number of nitrogens with zero attached hydrogens (tertiary/aromatic N) is 5. The Morgan fingerprint density at radius 2 is 2.05 bits per heavy atom. The summed E-state index contributed by atoms with van der Waals surface area (Å²) in [6.45, 7) is 0.0476. The number of pyridine rings is 2. The smallest absolute Gasteiger partial charge is 0.328 e. The molecule has 1 aliphatic rings. The van der Waals surface area contributed by atoms with Gasteiger partial charge in [0.2, 0.25) is 16.8 Å². The molecule has 1 aromatic carbocycles. The Hall–Kier alpha value is -3.71. The maximum atomic E-state index is 15.0. The molecule has 38 heavy (non-hydrogen) atoms. The van der Waals surface area contributed by atoms with E-state index in [1.165, 1.54) is 35.5 Å². The number of hydrogen-bond acceptors (Lipinski definition) is 9. The van der Waals surface area contributed by atoms with Crippen LogP contribution < -0.4 is 14.9 Å². The molecular weight excluding hydrogens is 539 g/mol. The first-order valence-corrected chi connectivity index (χ1v) is 13.0. The molecule has 2 atom stereocenters. The topological polar surface area (TPSA) is 139 Å². The van der Waals surface area contributed by atoms with Crippen LogP contribution >= 0.6 is 11.6 Å². The van der Waals surface area contributed by atoms with Crippen LogP contribution in [0.25, 0.3) is 10.8 Å². The first kappa shape index (κ1) is 27.3. The minimum atomic E-state index is -3.27. The minimum absolute atomic E-state index is 0.0476. The van der Waals surface area contributed by atoms with Gasteiger partial charge >= 0.3 is 5.97 Å². The van der Waals surface area contributed by atoms with Gasteiger partial charge in [0, 0.05) is 38.6 Å². The van der Waals surface area contributed by atoms with Gasteiger partial charge in [0.05, 0.1) is 24.0 Å². The summed E-state index contributed by atoms with van der Waals surface area (Å²) >= 11 is 6.28. The molecule has 0 unspecified atom stereocenters. The number of carbonyl (C=O) groups excluding carboxylic acids is 2. The lowest BCUT2D eigenvalue weighted by Gasteiger charge is -2.28. The lowest BCUT2D eigenvalue weighted by Crippen LogP contribution is -2.48. The van der Waals surface area contributed by atoms with Crippen LogP contribution in [0.5, 0.6) is 0 Å². The highest BCUT2D eigenvalue weighted by Crippen LogP contribution is 2.32. The van der Waals surface area contributed by atoms with Crippen molar-refractivity contribution >= 4 is 62.5 Å². The van der Waals surface area contributed by atoms with Crippen molar-refractivity contribution in [2.24, 2.45) is 0 Å². The number of aromatic nitrogens is 2. The second-order valence-electron chi connectivity index (χ2n) is 8.92. The third kappa shape index (κ3) is 5.16. The quantitative estimate of drug-likeness (QED) is 0.309. The van der Waals surface area contributed by atoms with E-state index in [2.05, 4.69) is 9.97 Å². The number of methoxy groups -OCH3 is 1. The highest BCUT2D eigenvalue weighted by molar-refractivity contribution is 7.74. The minimum Gasteiger partial charge on any atom is -0.467 e. The van der Waals surface area contributed by atoms with Gasteiger partial charge in [-0.15, -0.1) is 0 Å². The largest absolute Gasteiger partial charge is 0.467 e. The number of likely N-dealkylation sites (tertiary alicyclic amines) is 1. The molecule has 1 aliphatic heterocycles. The van der Waals surface area contributed by atoms with E-state index in [1.807, 2.05) is 0 Å². The van der Waals surface area contributed by atoms with Gasteiger partial charge in [-0.05, 0) is 41.6 Å². The van der Waals surface area contributed by atoms with Crippen molar-refractivity contribution in [2.45, 2.75) is 24.9 Å². The maximum absolute atomic E-state index is 15.0. The first-order chi connectivity index (χ1) is 18.0. The summed E-state index contributed by atoms with van der Waals surface area (Å²) in [7, 11) is 1.36. The van der Waals surface area contributed by atoms with Crippen molar-refractivity contribution in [3.63, 3.8) is 0 Å². The van der Waals surface area contributed by atoms with Gasteiger partial charge in [0.15, 0.2) is 0 Å². The zero-order chi connectivity index (χ0) is 27.7. The van der Waals surface area contributed by atoms with E-state index in [0.717, 1.165) is 11.4 Å². The van der Waals surface area contributed by atoms with Crippen LogP contribution in [-0.4, -0.2) is 75.0 Å². The number of benzene rings is 1. The number of fused-ring (bicyclic) bond motifs is 1. The molecule has 1 saturated heterocycles. The number of amides is 1. The average Bonchev–Trinajstić information content (AvgIpc) is 3.23. The van der Waals surface area contributed by atoms with Crippen molar-refractivity contribution in [1.29, 1.82) is 0 Å². The summed E-state index contributed by atoms with van der Waals surface area (Å²) in [6, 6.07) is 3.51. The van der Waals surface area contributed by atoms with E-state index >= 15 is 4.39 Å². The maximum Gasteiger partial charge on any atom is 0.328 e. The summed E-state index contributed by atoms with van der Waals surface area (Å²) in [5.74, 6) is -1.42. The van der Waals surface area contributed by atoms with Crippen molar-refractivity contribution in [1.82, 2.24) is 14.9 Å². The molecule has 3 aromatic rings. The van der Waals surface area contributed by atoms with Crippen LogP contribution in [-0.2, 0) is 31.6 Å². The fourth-order valence-electron chi connectivity index (χ4n) is 4.57. The molecular formula is C24H26ClFN6O5S. The Bertz CT molecular complexity index is 1480. The van der Waals surface area contributed by atoms with E-state index < -0.39 is 40.7 Å². The number of rotatable bonds is 8. The monoisotopic (exact) mass is 564 g/mol. The number of nitrogens with two attached hydrogens (primary N) is 1. The number of halogens is 2. The Morgan fingerprint density at radius 1 is 1.32 bits per heavy atom. The van der Waals surface area contributed by atoms with E-state index in [0.29, 0.717) is 16.6 Å². The normalized spacial score (nSPS) is 16.2. The second-order valence-corrected chi connectivity index (χ2v) is 10.2. The average molecular weight is 565 g/mol. The fourth-order valence-corrected chi connectivity index (χ4v) is 5.64. The van der Waals surface area contributed by atoms with Crippen molar-refractivity contribution in [2.75, 3.05) is 42.7 Å². The van der Waals surface area contributed by atoms with Crippen LogP contribution in [0.15, 0.2) is 36.7 Å². The number of thiol groups is 1. The molecule has 0 aliphatic carbocycles. The highest BCUT2D eigenvalue weighted by atomic mass is 35.5. The summed E-state index contributed by atoms with van der Waals surface area (Å²) in [5, 5.41) is 1.23. The third-order valence-electron chi connectivity index (χ3n) is 6.40. The molecule has 0 bridgehead atoms. The van der Waals surface area contributed by atoms with Gasteiger partial charge in [0.25, 0.3) is 0 Å². The molecule has 4 rings (SSSR count). The Morgan fingerprint density at radius 3 is 2.68 bits per heavy atom. The number of esters is 1. The van der Waals surface area contributed by atoms with E-state index in [4.69, 9.17) is 22.1 Å². The van der Waals surface area contributed by atoms with Crippen LogP contribution in [0.4, 0.5) is 21.7 Å². The number of anilines is 3. The van der Waals surface area contributed by atoms with Gasteiger partial charge in [0.1, 0.15) is 29.5 Å². The molecule has 0 spiro atoms. The van der Waals surface area contributed by atoms with Crippen LogP contribution in [0.3, 0.4) is 0 Å². The molecule has 2 N–H and O–H groups in total. The number of nitrogen functional groups attached to an aromatic ring is 1. The SMILES string of the molecule is COC(=O)[C@@H](Cc1cc2ccnc(N)c2cc1F)N1CC[C@H](N(c2cnc(N(C)C)c(Cl)c2)[SH](=O)=O)C1=O. The number of ether oxygens (including phenoxy) is 1. The standard InChI is InChI=1S/C24H26ClFN6O5S/c1-30(2)22-17(25)10-15(12-29-22)32(38(35)36)19-5-7-31(23(19)33)20(24(34)37-3)9-14-8-13-4-6-28-21(27)16(13)11-18(14)26/h4,6,8,10-12,19-20,38H,5,7,9H2,1-3H3,(H2,27,28)/t19-,20+/m0/s1. The molecule has 202 valence electrons. The van der Waals surface area contributed by atoms with E-state index in [1.54, 1.807) is 25.1 Å². The van der Waals surface area contributed by atoms with Crippen LogP contribution in [0, 0.1) is 5.82 Å². The number of hydrogen-bond donors (Lipinski definition) is 2. The Balaban J connectivity index is 1.65. The lowest BCUT2D eigenvalue weighted by molar-refractivity contribution is -0.151. The first-order valence-electron chi connectivity index (χ1n) is 11.5. The van der Waals surface area contributed by atoms with Crippen molar-refractivity contribution < 1.29 is 27.1 Å². The molecule has 1 amide bonds. The highest BCUT2D eigenvalue weighted by Gasteiger charge is 2.43. The Labute approximate surface area is 225 Å². The molecule has 0 radical (unpaired) electrons. The molecule has 11 nitrogen and oxygen atoms in total. The molecule has 14 heteroatoms. The zero-order valence-electron chi connectivity index (χ0n) is 20.8.